The van der Waals surface area contributed by atoms with Gasteiger partial charge in [-0.15, -0.1) is 0 Å². The van der Waals surface area contributed by atoms with E-state index in [0.717, 1.165) is 70.9 Å². The Morgan fingerprint density at radius 1 is 0.800 bits per heavy atom. The molecule has 7 nitrogen and oxygen atoms in total. The van der Waals surface area contributed by atoms with Crippen LogP contribution in [0.15, 0.2) is 67.4 Å². The maximum absolute atomic E-state index is 5.74. The van der Waals surface area contributed by atoms with E-state index < -0.39 is 0 Å². The van der Waals surface area contributed by atoms with Crippen LogP contribution in [0.1, 0.15) is 36.1 Å². The fourth-order valence-corrected chi connectivity index (χ4v) is 7.09. The molecule has 2 bridgehead atoms. The van der Waals surface area contributed by atoms with Crippen molar-refractivity contribution in [3.63, 3.8) is 0 Å². The summed E-state index contributed by atoms with van der Waals surface area (Å²) in [7, 11) is 0. The highest BCUT2D eigenvalue weighted by molar-refractivity contribution is 5.95. The molecule has 2 fully saturated rings. The lowest BCUT2D eigenvalue weighted by molar-refractivity contribution is -0.148. The summed E-state index contributed by atoms with van der Waals surface area (Å²) in [6.45, 7) is 3.81. The number of aromatic amines is 1. The van der Waals surface area contributed by atoms with Crippen LogP contribution in [0.4, 0.5) is 0 Å². The van der Waals surface area contributed by atoms with Gasteiger partial charge in [0, 0.05) is 71.2 Å². The zero-order valence-electron chi connectivity index (χ0n) is 22.7. The molecule has 1 aliphatic carbocycles. The molecule has 5 aromatic rings. The summed E-state index contributed by atoms with van der Waals surface area (Å²) in [4.78, 5) is 24.5. The third-order valence-electron chi connectivity index (χ3n) is 9.19. The molecule has 40 heavy (non-hydrogen) atoms. The Bertz CT molecular complexity index is 1700. The number of aromatic nitrogens is 5. The van der Waals surface area contributed by atoms with Crippen molar-refractivity contribution in [2.45, 2.75) is 57.2 Å². The molecule has 0 spiro atoms. The van der Waals surface area contributed by atoms with Crippen LogP contribution in [0.25, 0.3) is 44.7 Å². The molecule has 2 saturated heterocycles. The monoisotopic (exact) mass is 528 g/mol. The number of rotatable bonds is 4. The first-order valence-corrected chi connectivity index (χ1v) is 14.4. The van der Waals surface area contributed by atoms with Crippen LogP contribution in [0.5, 0.6) is 0 Å². The molecule has 1 N–H and O–H groups in total. The van der Waals surface area contributed by atoms with Gasteiger partial charge in [-0.05, 0) is 73.9 Å². The van der Waals surface area contributed by atoms with E-state index in [9.17, 15) is 0 Å². The van der Waals surface area contributed by atoms with Gasteiger partial charge in [0.25, 0.3) is 0 Å². The van der Waals surface area contributed by atoms with Gasteiger partial charge in [-0.2, -0.15) is 0 Å². The van der Waals surface area contributed by atoms with Gasteiger partial charge < -0.3 is 9.72 Å². The number of pyridine rings is 2. The van der Waals surface area contributed by atoms with Crippen LogP contribution in [-0.2, 0) is 17.6 Å². The van der Waals surface area contributed by atoms with Gasteiger partial charge in [-0.3, -0.25) is 19.9 Å². The summed E-state index contributed by atoms with van der Waals surface area (Å²) in [6, 6.07) is 15.4. The number of nitrogens with zero attached hydrogens (tertiary/aromatic N) is 5. The first kappa shape index (κ1) is 23.9. The molecule has 200 valence electrons. The highest BCUT2D eigenvalue weighted by Gasteiger charge is 2.45. The van der Waals surface area contributed by atoms with Crippen molar-refractivity contribution in [1.29, 1.82) is 0 Å². The molecule has 7 heteroatoms. The zero-order chi connectivity index (χ0) is 26.6. The normalized spacial score (nSPS) is 22.5. The van der Waals surface area contributed by atoms with Crippen LogP contribution >= 0.6 is 0 Å². The zero-order valence-corrected chi connectivity index (χ0v) is 22.7. The van der Waals surface area contributed by atoms with Gasteiger partial charge in [0.05, 0.1) is 30.3 Å². The Kier molecular flexibility index (Phi) is 5.74. The predicted molar refractivity (Wildman–Crippen MR) is 156 cm³/mol. The van der Waals surface area contributed by atoms with E-state index >= 15 is 0 Å². The highest BCUT2D eigenvalue weighted by atomic mass is 16.5. The molecule has 3 aliphatic rings. The minimum absolute atomic E-state index is 0.649. The van der Waals surface area contributed by atoms with Crippen molar-refractivity contribution >= 4 is 11.0 Å². The molecule has 3 atom stereocenters. The van der Waals surface area contributed by atoms with Crippen LogP contribution in [0, 0.1) is 6.92 Å². The summed E-state index contributed by atoms with van der Waals surface area (Å²) in [5.41, 5.74) is 10.9. The van der Waals surface area contributed by atoms with Crippen molar-refractivity contribution in [1.82, 2.24) is 29.8 Å². The maximum Gasteiger partial charge on any atom is 0.137 e. The lowest BCUT2D eigenvalue weighted by Crippen LogP contribution is -2.66. The Morgan fingerprint density at radius 2 is 1.60 bits per heavy atom. The van der Waals surface area contributed by atoms with Gasteiger partial charge >= 0.3 is 0 Å². The van der Waals surface area contributed by atoms with Crippen LogP contribution in [0.2, 0.25) is 0 Å². The van der Waals surface area contributed by atoms with Crippen molar-refractivity contribution in [3.8, 4) is 33.6 Å². The van der Waals surface area contributed by atoms with Crippen molar-refractivity contribution in [3.05, 3.63) is 84.2 Å². The van der Waals surface area contributed by atoms with Crippen LogP contribution in [-0.4, -0.2) is 61.2 Å². The second kappa shape index (κ2) is 9.61. The number of H-pyrrole nitrogens is 1. The Hall–Kier alpha value is -3.94. The fraction of sp³-hybridized carbons (Fsp3) is 0.333. The highest BCUT2D eigenvalue weighted by Crippen LogP contribution is 2.38. The first-order valence-electron chi connectivity index (χ1n) is 14.4. The summed E-state index contributed by atoms with van der Waals surface area (Å²) in [5, 5.41) is 1.08. The fourth-order valence-electron chi connectivity index (χ4n) is 7.09. The first-order chi connectivity index (χ1) is 19.7. The number of morpholine rings is 1. The molecule has 0 saturated carbocycles. The van der Waals surface area contributed by atoms with E-state index in [2.05, 4.69) is 56.3 Å². The van der Waals surface area contributed by atoms with Crippen molar-refractivity contribution < 1.29 is 4.74 Å². The molecule has 6 heterocycles. The molecule has 0 radical (unpaired) electrons. The largest absolute Gasteiger partial charge is 0.378 e. The number of aryl methyl sites for hydroxylation is 3. The van der Waals surface area contributed by atoms with E-state index in [1.165, 1.54) is 36.0 Å². The smallest absolute Gasteiger partial charge is 0.137 e. The van der Waals surface area contributed by atoms with Gasteiger partial charge in [-0.25, -0.2) is 4.98 Å². The predicted octanol–water partition coefficient (Wildman–Crippen LogP) is 5.78. The molecule has 2 unspecified atom stereocenters. The minimum atomic E-state index is 0.649. The number of benzene rings is 1. The minimum Gasteiger partial charge on any atom is -0.378 e. The standard InChI is InChI=1S/C33H32N6O/c1-20-32(35-11-10-34-20)24-6-9-31(36-15-24)30-17-38-33-29(30)13-25(16-37-33)23-3-2-21-4-7-26(8-5-22(21)12-23)39-27-14-28(39)19-40-18-27/h2-3,6,9-13,15-17,26-28H,4-5,7-8,14,18-19H2,1H3,(H,37,38)/t26-,27?,28?/m0/s1. The second-order valence-corrected chi connectivity index (χ2v) is 11.5. The van der Waals surface area contributed by atoms with E-state index in [1.54, 1.807) is 12.4 Å². The number of hydrogen-bond acceptors (Lipinski definition) is 6. The van der Waals surface area contributed by atoms with Crippen molar-refractivity contribution in [2.75, 3.05) is 13.2 Å². The molecular formula is C33H32N6O. The van der Waals surface area contributed by atoms with E-state index in [0.29, 0.717) is 18.1 Å². The van der Waals surface area contributed by atoms with E-state index in [1.807, 2.05) is 25.5 Å². The summed E-state index contributed by atoms with van der Waals surface area (Å²) >= 11 is 0. The topological polar surface area (TPSA) is 79.8 Å². The van der Waals surface area contributed by atoms with Crippen molar-refractivity contribution in [2.24, 2.45) is 0 Å². The number of fused-ring (bicyclic) bond motifs is 4. The summed E-state index contributed by atoms with van der Waals surface area (Å²) in [5.74, 6) is 0. The number of ether oxygens (including phenoxy) is 1. The quantitative estimate of drug-likeness (QED) is 0.298. The van der Waals surface area contributed by atoms with Crippen LogP contribution in [0.3, 0.4) is 0 Å². The molecule has 4 aromatic heterocycles. The third kappa shape index (κ3) is 4.03. The Balaban J connectivity index is 1.06. The molecular weight excluding hydrogens is 496 g/mol. The third-order valence-corrected chi connectivity index (χ3v) is 9.19. The van der Waals surface area contributed by atoms with E-state index in [4.69, 9.17) is 14.7 Å². The lowest BCUT2D eigenvalue weighted by atomic mass is 9.87. The maximum atomic E-state index is 5.74. The van der Waals surface area contributed by atoms with Gasteiger partial charge in [0.1, 0.15) is 5.65 Å². The second-order valence-electron chi connectivity index (χ2n) is 11.5. The summed E-state index contributed by atoms with van der Waals surface area (Å²) < 4.78 is 5.74. The molecule has 1 aromatic carbocycles. The lowest BCUT2D eigenvalue weighted by Gasteiger charge is -2.56. The summed E-state index contributed by atoms with van der Waals surface area (Å²) in [6.07, 6.45) is 15.4. The van der Waals surface area contributed by atoms with Gasteiger partial charge in [0.2, 0.25) is 0 Å². The average molecular weight is 529 g/mol. The van der Waals surface area contributed by atoms with Gasteiger partial charge in [0.15, 0.2) is 0 Å². The van der Waals surface area contributed by atoms with Crippen LogP contribution < -0.4 is 0 Å². The Morgan fingerprint density at radius 3 is 2.40 bits per heavy atom. The van der Waals surface area contributed by atoms with Gasteiger partial charge in [-0.1, -0.05) is 18.2 Å². The number of nitrogens with one attached hydrogen (secondary N) is 1. The average Bonchev–Trinajstić information content (AvgIpc) is 3.32. The molecule has 2 aliphatic heterocycles. The Labute approximate surface area is 233 Å². The van der Waals surface area contributed by atoms with E-state index in [-0.39, 0.29) is 0 Å². The molecule has 8 rings (SSSR count). The SMILES string of the molecule is Cc1nccnc1-c1ccc(-c2c[nH]c3ncc(-c4ccc5c(c4)CC[C@@H](N4C6COCC4C6)CC5)cc23)nc1. The number of hydrogen-bond donors (Lipinski definition) is 1. The molecule has 0 amide bonds.